The highest BCUT2D eigenvalue weighted by Crippen LogP contribution is 2.17. The SMILES string of the molecule is CCN(CC)CCOc1ccccc1CNC(=O)NCC(C)(C)C. The minimum absolute atomic E-state index is 0.0722. The molecule has 0 heterocycles. The summed E-state index contributed by atoms with van der Waals surface area (Å²) in [6.07, 6.45) is 0. The van der Waals surface area contributed by atoms with Gasteiger partial charge < -0.3 is 20.3 Å². The first-order valence-electron chi connectivity index (χ1n) is 8.80. The highest BCUT2D eigenvalue weighted by molar-refractivity contribution is 5.73. The van der Waals surface area contributed by atoms with E-state index in [1.165, 1.54) is 0 Å². The van der Waals surface area contributed by atoms with Crippen molar-refractivity contribution in [3.05, 3.63) is 29.8 Å². The van der Waals surface area contributed by atoms with E-state index in [9.17, 15) is 4.79 Å². The number of hydrogen-bond donors (Lipinski definition) is 2. The topological polar surface area (TPSA) is 53.6 Å². The molecule has 1 aromatic rings. The molecule has 0 spiro atoms. The van der Waals surface area contributed by atoms with E-state index < -0.39 is 0 Å². The average Bonchev–Trinajstić information content (AvgIpc) is 2.55. The molecule has 0 atom stereocenters. The monoisotopic (exact) mass is 335 g/mol. The van der Waals surface area contributed by atoms with E-state index in [1.54, 1.807) is 0 Å². The van der Waals surface area contributed by atoms with Crippen LogP contribution in [0.3, 0.4) is 0 Å². The normalized spacial score (nSPS) is 11.4. The molecule has 0 aliphatic heterocycles. The Morgan fingerprint density at radius 2 is 1.79 bits per heavy atom. The number of carbonyl (C=O) groups excluding carboxylic acids is 1. The third-order valence-corrected chi connectivity index (χ3v) is 3.75. The second kappa shape index (κ2) is 10.2. The molecule has 5 heteroatoms. The van der Waals surface area contributed by atoms with E-state index in [-0.39, 0.29) is 11.4 Å². The third-order valence-electron chi connectivity index (χ3n) is 3.75. The maximum Gasteiger partial charge on any atom is 0.315 e. The van der Waals surface area contributed by atoms with Crippen molar-refractivity contribution in [2.45, 2.75) is 41.2 Å². The van der Waals surface area contributed by atoms with E-state index in [0.29, 0.717) is 19.7 Å². The Kier molecular flexibility index (Phi) is 8.61. The number of nitrogens with zero attached hydrogens (tertiary/aromatic N) is 1. The Morgan fingerprint density at radius 3 is 2.42 bits per heavy atom. The number of urea groups is 1. The van der Waals surface area contributed by atoms with Crippen molar-refractivity contribution >= 4 is 6.03 Å². The predicted molar refractivity (Wildman–Crippen MR) is 99.4 cm³/mol. The highest BCUT2D eigenvalue weighted by Gasteiger charge is 2.12. The maximum atomic E-state index is 11.9. The van der Waals surface area contributed by atoms with Gasteiger partial charge in [-0.05, 0) is 24.6 Å². The first-order valence-corrected chi connectivity index (χ1v) is 8.80. The molecule has 24 heavy (non-hydrogen) atoms. The van der Waals surface area contributed by atoms with Crippen molar-refractivity contribution < 1.29 is 9.53 Å². The molecule has 0 bridgehead atoms. The first kappa shape index (κ1) is 20.3. The van der Waals surface area contributed by atoms with Crippen LogP contribution in [0, 0.1) is 5.41 Å². The van der Waals surface area contributed by atoms with Gasteiger partial charge in [0.05, 0.1) is 0 Å². The highest BCUT2D eigenvalue weighted by atomic mass is 16.5. The van der Waals surface area contributed by atoms with Crippen molar-refractivity contribution in [2.24, 2.45) is 5.41 Å². The van der Waals surface area contributed by atoms with Crippen molar-refractivity contribution in [1.82, 2.24) is 15.5 Å². The molecule has 0 aliphatic rings. The molecule has 2 amide bonds. The van der Waals surface area contributed by atoms with Gasteiger partial charge in [0.2, 0.25) is 0 Å². The van der Waals surface area contributed by atoms with Gasteiger partial charge in [0.15, 0.2) is 0 Å². The quantitative estimate of drug-likeness (QED) is 0.728. The van der Waals surface area contributed by atoms with Gasteiger partial charge in [0.1, 0.15) is 12.4 Å². The molecular weight excluding hydrogens is 302 g/mol. The van der Waals surface area contributed by atoms with Gasteiger partial charge in [-0.3, -0.25) is 0 Å². The van der Waals surface area contributed by atoms with E-state index >= 15 is 0 Å². The lowest BCUT2D eigenvalue weighted by Crippen LogP contribution is -2.39. The Bertz CT molecular complexity index is 494. The van der Waals surface area contributed by atoms with Gasteiger partial charge in [-0.2, -0.15) is 0 Å². The number of rotatable bonds is 9. The number of nitrogens with one attached hydrogen (secondary N) is 2. The Labute approximate surface area is 146 Å². The summed E-state index contributed by atoms with van der Waals surface area (Å²) in [5.74, 6) is 0.834. The van der Waals surface area contributed by atoms with Gasteiger partial charge in [-0.15, -0.1) is 0 Å². The Hall–Kier alpha value is -1.75. The first-order chi connectivity index (χ1) is 11.4. The van der Waals surface area contributed by atoms with Crippen LogP contribution in [0.5, 0.6) is 5.75 Å². The van der Waals surface area contributed by atoms with Crippen molar-refractivity contribution in [3.63, 3.8) is 0 Å². The van der Waals surface area contributed by atoms with Crippen LogP contribution in [0.1, 0.15) is 40.2 Å². The summed E-state index contributed by atoms with van der Waals surface area (Å²) in [5, 5.41) is 5.78. The molecule has 1 aromatic carbocycles. The Balaban J connectivity index is 2.47. The Morgan fingerprint density at radius 1 is 1.12 bits per heavy atom. The lowest BCUT2D eigenvalue weighted by atomic mass is 9.97. The number of hydrogen-bond acceptors (Lipinski definition) is 3. The van der Waals surface area contributed by atoms with E-state index in [1.807, 2.05) is 24.3 Å². The van der Waals surface area contributed by atoms with Crippen LogP contribution in [0.2, 0.25) is 0 Å². The second-order valence-corrected chi connectivity index (χ2v) is 7.08. The van der Waals surface area contributed by atoms with Crippen LogP contribution >= 0.6 is 0 Å². The number of ether oxygens (including phenoxy) is 1. The minimum atomic E-state index is -0.150. The fourth-order valence-corrected chi connectivity index (χ4v) is 2.20. The number of benzene rings is 1. The molecule has 0 unspecified atom stereocenters. The van der Waals surface area contributed by atoms with Crippen LogP contribution in [-0.2, 0) is 6.54 Å². The van der Waals surface area contributed by atoms with Crippen molar-refractivity contribution in [1.29, 1.82) is 0 Å². The van der Waals surface area contributed by atoms with Crippen LogP contribution in [0.15, 0.2) is 24.3 Å². The van der Waals surface area contributed by atoms with Gasteiger partial charge in [-0.1, -0.05) is 52.8 Å². The summed E-state index contributed by atoms with van der Waals surface area (Å²) in [5.41, 5.74) is 1.06. The summed E-state index contributed by atoms with van der Waals surface area (Å²) >= 11 is 0. The molecule has 0 radical (unpaired) electrons. The lowest BCUT2D eigenvalue weighted by Gasteiger charge is -2.20. The van der Waals surface area contributed by atoms with Gasteiger partial charge >= 0.3 is 6.03 Å². The van der Waals surface area contributed by atoms with Crippen LogP contribution in [0.4, 0.5) is 4.79 Å². The fraction of sp³-hybridized carbons (Fsp3) is 0.632. The number of carbonyl (C=O) groups is 1. The largest absolute Gasteiger partial charge is 0.492 e. The van der Waals surface area contributed by atoms with E-state index in [4.69, 9.17) is 4.74 Å². The zero-order valence-electron chi connectivity index (χ0n) is 15.8. The molecule has 0 aliphatic carbocycles. The van der Waals surface area contributed by atoms with Crippen LogP contribution < -0.4 is 15.4 Å². The summed E-state index contributed by atoms with van der Waals surface area (Å²) < 4.78 is 5.90. The van der Waals surface area contributed by atoms with Crippen molar-refractivity contribution in [2.75, 3.05) is 32.8 Å². The van der Waals surface area contributed by atoms with Crippen LogP contribution in [0.25, 0.3) is 0 Å². The fourth-order valence-electron chi connectivity index (χ4n) is 2.20. The zero-order valence-corrected chi connectivity index (χ0v) is 15.8. The second-order valence-electron chi connectivity index (χ2n) is 7.08. The molecular formula is C19H33N3O2. The molecule has 136 valence electrons. The van der Waals surface area contributed by atoms with E-state index in [0.717, 1.165) is 30.9 Å². The summed E-state index contributed by atoms with van der Waals surface area (Å²) in [4.78, 5) is 14.2. The zero-order chi connectivity index (χ0) is 18.0. The molecule has 0 fully saturated rings. The van der Waals surface area contributed by atoms with E-state index in [2.05, 4.69) is 50.2 Å². The standard InChI is InChI=1S/C19H33N3O2/c1-6-22(7-2)12-13-24-17-11-9-8-10-16(17)14-20-18(23)21-15-19(3,4)5/h8-11H,6-7,12-15H2,1-5H3,(H2,20,21,23). The molecule has 0 saturated carbocycles. The average molecular weight is 335 g/mol. The summed E-state index contributed by atoms with van der Waals surface area (Å²) in [7, 11) is 0. The molecule has 5 nitrogen and oxygen atoms in total. The van der Waals surface area contributed by atoms with Gasteiger partial charge in [0.25, 0.3) is 0 Å². The lowest BCUT2D eigenvalue weighted by molar-refractivity contribution is 0.221. The molecule has 2 N–H and O–H groups in total. The molecule has 1 rings (SSSR count). The third kappa shape index (κ3) is 8.20. The summed E-state index contributed by atoms with van der Waals surface area (Å²) in [6.45, 7) is 15.3. The van der Waals surface area contributed by atoms with Gasteiger partial charge in [0, 0.05) is 25.2 Å². The van der Waals surface area contributed by atoms with Crippen molar-refractivity contribution in [3.8, 4) is 5.75 Å². The smallest absolute Gasteiger partial charge is 0.315 e. The van der Waals surface area contributed by atoms with Gasteiger partial charge in [-0.25, -0.2) is 4.79 Å². The number of amides is 2. The molecule has 0 saturated heterocycles. The maximum absolute atomic E-state index is 11.9. The predicted octanol–water partition coefficient (Wildman–Crippen LogP) is 3.25. The molecule has 0 aromatic heterocycles. The minimum Gasteiger partial charge on any atom is -0.492 e. The number of likely N-dealkylation sites (N-methyl/N-ethyl adjacent to an activating group) is 1. The summed E-state index contributed by atoms with van der Waals surface area (Å²) in [6, 6.07) is 7.70. The number of para-hydroxylation sites is 1. The van der Waals surface area contributed by atoms with Crippen LogP contribution in [-0.4, -0.2) is 43.7 Å².